The third kappa shape index (κ3) is 1.25. The molecule has 0 atom stereocenters. The van der Waals surface area contributed by atoms with Crippen molar-refractivity contribution in [3.63, 3.8) is 0 Å². The van der Waals surface area contributed by atoms with Crippen molar-refractivity contribution in [3.05, 3.63) is 58.5 Å². The molecule has 96 valence electrons. The summed E-state index contributed by atoms with van der Waals surface area (Å²) in [6.45, 7) is 0. The molecule has 20 heavy (non-hydrogen) atoms. The Balaban J connectivity index is 2.62. The number of hydrogen-bond acceptors (Lipinski definition) is 3. The van der Waals surface area contributed by atoms with Crippen LogP contribution in [0.5, 0.6) is 5.75 Å². The molecule has 4 rings (SSSR count). The van der Waals surface area contributed by atoms with E-state index in [0.29, 0.717) is 0 Å². The molecule has 0 bridgehead atoms. The minimum absolute atomic E-state index is 0.165. The van der Waals surface area contributed by atoms with Gasteiger partial charge in [-0.3, -0.25) is 10.1 Å². The maximum Gasteiger partial charge on any atom is 0.277 e. The lowest BCUT2D eigenvalue weighted by atomic mass is 9.93. The van der Waals surface area contributed by atoms with Gasteiger partial charge in [-0.2, -0.15) is 0 Å². The monoisotopic (exact) mass is 271 g/mol. The SMILES string of the molecule is [2H]c1c([2H])c2c([2H])c([2H])c3c([N+](=O)[O-])c([2H])c([2H])c4c([2H])c([2H])c(c1O)c2c43. The average molecular weight is 271 g/mol. The molecule has 0 amide bonds. The van der Waals surface area contributed by atoms with Crippen LogP contribution in [0.4, 0.5) is 5.69 Å². The predicted octanol–water partition coefficient (Wildman–Crippen LogP) is 4.20. The summed E-state index contributed by atoms with van der Waals surface area (Å²) in [5.41, 5.74) is -0.891. The number of nitro groups is 1. The maximum atomic E-state index is 11.6. The van der Waals surface area contributed by atoms with Gasteiger partial charge in [-0.1, -0.05) is 24.2 Å². The molecule has 0 aromatic heterocycles. The molecule has 0 spiro atoms. The van der Waals surface area contributed by atoms with Crippen LogP contribution in [0.25, 0.3) is 32.3 Å². The number of phenols is 1. The Labute approximate surface area is 124 Å². The largest absolute Gasteiger partial charge is 0.507 e. The Morgan fingerprint density at radius 2 is 1.45 bits per heavy atom. The zero-order chi connectivity index (χ0) is 20.8. The summed E-state index contributed by atoms with van der Waals surface area (Å²) < 4.78 is 64.9. The topological polar surface area (TPSA) is 63.4 Å². The summed E-state index contributed by atoms with van der Waals surface area (Å²) in [4.78, 5) is 10.6. The fourth-order valence-electron chi connectivity index (χ4n) is 2.30. The van der Waals surface area contributed by atoms with Crippen molar-refractivity contribution in [2.45, 2.75) is 0 Å². The molecule has 0 heterocycles. The predicted molar refractivity (Wildman–Crippen MR) is 78.5 cm³/mol. The van der Waals surface area contributed by atoms with Gasteiger partial charge in [0.2, 0.25) is 0 Å². The fraction of sp³-hybridized carbons (Fsp3) is 0. The smallest absolute Gasteiger partial charge is 0.277 e. The van der Waals surface area contributed by atoms with Crippen molar-refractivity contribution in [3.8, 4) is 5.75 Å². The Kier molecular flexibility index (Phi) is 1.00. The normalized spacial score (nSPS) is 17.2. The van der Waals surface area contributed by atoms with Crippen LogP contribution < -0.4 is 0 Å². The molecule has 0 aliphatic rings. The number of rotatable bonds is 1. The quantitative estimate of drug-likeness (QED) is 0.320. The molecule has 0 aliphatic heterocycles. The molecule has 0 fully saturated rings. The van der Waals surface area contributed by atoms with Gasteiger partial charge in [0, 0.05) is 22.2 Å². The van der Waals surface area contributed by atoms with Gasteiger partial charge >= 0.3 is 0 Å². The van der Waals surface area contributed by atoms with Crippen LogP contribution in [-0.2, 0) is 0 Å². The summed E-state index contributed by atoms with van der Waals surface area (Å²) in [5.74, 6) is -0.791. The summed E-state index contributed by atoms with van der Waals surface area (Å²) in [7, 11) is 0. The summed E-state index contributed by atoms with van der Waals surface area (Å²) in [6, 6.07) is -5.36. The maximum absolute atomic E-state index is 11.6. The Morgan fingerprint density at radius 3 is 2.15 bits per heavy atom. The van der Waals surface area contributed by atoms with Crippen LogP contribution in [0.15, 0.2) is 48.3 Å². The second kappa shape index (κ2) is 3.57. The molecule has 0 unspecified atom stereocenters. The highest BCUT2D eigenvalue weighted by Crippen LogP contribution is 2.40. The first kappa shape index (κ1) is 5.63. The van der Waals surface area contributed by atoms with E-state index in [0.717, 1.165) is 0 Å². The van der Waals surface area contributed by atoms with Crippen LogP contribution in [0, 0.1) is 10.1 Å². The highest BCUT2D eigenvalue weighted by molar-refractivity contribution is 6.25. The summed E-state index contributed by atoms with van der Waals surface area (Å²) in [5, 5.41) is 20.2. The van der Waals surface area contributed by atoms with Gasteiger partial charge < -0.3 is 5.11 Å². The van der Waals surface area contributed by atoms with E-state index in [4.69, 9.17) is 11.0 Å². The van der Waals surface area contributed by atoms with Gasteiger partial charge in [-0.05, 0) is 28.9 Å². The van der Waals surface area contributed by atoms with Gasteiger partial charge in [0.25, 0.3) is 5.69 Å². The molecule has 0 radical (unpaired) electrons. The van der Waals surface area contributed by atoms with E-state index in [1.807, 2.05) is 0 Å². The van der Waals surface area contributed by atoms with Gasteiger partial charge in [-0.25, -0.2) is 0 Å². The van der Waals surface area contributed by atoms with Crippen molar-refractivity contribution in [1.29, 1.82) is 0 Å². The lowest BCUT2D eigenvalue weighted by Crippen LogP contribution is -1.91. The van der Waals surface area contributed by atoms with Gasteiger partial charge in [0.15, 0.2) is 0 Å². The molecule has 4 heteroatoms. The highest BCUT2D eigenvalue weighted by Gasteiger charge is 2.17. The molecular weight excluding hydrogens is 254 g/mol. The number of nitrogens with zero attached hydrogens (tertiary/aromatic N) is 1. The Hall–Kier alpha value is -2.88. The van der Waals surface area contributed by atoms with Crippen LogP contribution in [-0.4, -0.2) is 10.0 Å². The molecule has 0 saturated heterocycles. The zero-order valence-corrected chi connectivity index (χ0v) is 9.71. The number of hydrogen-bond donors (Lipinski definition) is 1. The minimum atomic E-state index is -0.952. The second-order valence-electron chi connectivity index (χ2n) is 4.20. The minimum Gasteiger partial charge on any atom is -0.507 e. The van der Waals surface area contributed by atoms with Crippen molar-refractivity contribution >= 4 is 38.0 Å². The first-order chi connectivity index (χ1) is 13.0. The van der Waals surface area contributed by atoms with Crippen molar-refractivity contribution < 1.29 is 21.0 Å². The number of phenolic OH excluding ortho intramolecular Hbond substituents is 1. The lowest BCUT2D eigenvalue weighted by Gasteiger charge is -2.11. The highest BCUT2D eigenvalue weighted by atomic mass is 16.6. The first-order valence-electron chi connectivity index (χ1n) is 9.56. The van der Waals surface area contributed by atoms with Crippen LogP contribution in [0.3, 0.4) is 0 Å². The second-order valence-corrected chi connectivity index (χ2v) is 4.20. The number of aromatic hydroxyl groups is 1. The zero-order valence-electron chi connectivity index (χ0n) is 17.7. The molecular formula is C16H9NO3. The third-order valence-electron chi connectivity index (χ3n) is 3.14. The lowest BCUT2D eigenvalue weighted by molar-refractivity contribution is -0.383. The standard InChI is InChI=1S/C16H9NO3/c18-14-8-4-10-1-5-11-13(17(19)20)7-3-9-2-6-12(14)16(10)15(9)11/h1-8,18H/i1D,2D,3D,4D,5D,6D,7D,8D. The van der Waals surface area contributed by atoms with E-state index in [-0.39, 0.29) is 26.9 Å². The van der Waals surface area contributed by atoms with Crippen molar-refractivity contribution in [1.82, 2.24) is 0 Å². The van der Waals surface area contributed by atoms with E-state index < -0.39 is 70.1 Å². The van der Waals surface area contributed by atoms with Crippen LogP contribution >= 0.6 is 0 Å². The Bertz CT molecular complexity index is 1360. The van der Waals surface area contributed by atoms with Crippen molar-refractivity contribution in [2.24, 2.45) is 0 Å². The molecule has 0 saturated carbocycles. The molecule has 0 aliphatic carbocycles. The molecule has 4 aromatic carbocycles. The molecule has 4 aromatic rings. The summed E-state index contributed by atoms with van der Waals surface area (Å²) >= 11 is 0. The number of benzene rings is 4. The summed E-state index contributed by atoms with van der Waals surface area (Å²) in [6.07, 6.45) is 0. The van der Waals surface area contributed by atoms with Gasteiger partial charge in [0.05, 0.1) is 21.3 Å². The average Bonchev–Trinajstić information content (AvgIpc) is 2.63. The van der Waals surface area contributed by atoms with E-state index >= 15 is 0 Å². The van der Waals surface area contributed by atoms with E-state index in [1.54, 1.807) is 0 Å². The number of nitro benzene ring substituents is 1. The molecule has 1 N–H and O–H groups in total. The van der Waals surface area contributed by atoms with E-state index in [1.165, 1.54) is 0 Å². The fourth-order valence-corrected chi connectivity index (χ4v) is 2.30. The Morgan fingerprint density at radius 1 is 0.900 bits per heavy atom. The van der Waals surface area contributed by atoms with E-state index in [9.17, 15) is 15.2 Å². The van der Waals surface area contributed by atoms with Crippen molar-refractivity contribution in [2.75, 3.05) is 0 Å². The molecule has 4 nitrogen and oxygen atoms in total. The van der Waals surface area contributed by atoms with Crippen LogP contribution in [0.1, 0.15) is 11.0 Å². The first-order valence-corrected chi connectivity index (χ1v) is 5.56. The van der Waals surface area contributed by atoms with Gasteiger partial charge in [-0.15, -0.1) is 0 Å². The van der Waals surface area contributed by atoms with Gasteiger partial charge in [0.1, 0.15) is 5.75 Å². The van der Waals surface area contributed by atoms with Crippen LogP contribution in [0.2, 0.25) is 0 Å². The third-order valence-corrected chi connectivity index (χ3v) is 3.14. The van der Waals surface area contributed by atoms with E-state index in [2.05, 4.69) is 0 Å².